The van der Waals surface area contributed by atoms with Crippen molar-refractivity contribution in [2.45, 2.75) is 44.7 Å². The molecule has 1 saturated carbocycles. The summed E-state index contributed by atoms with van der Waals surface area (Å²) in [6.07, 6.45) is 6.55. The average Bonchev–Trinajstić information content (AvgIpc) is 3.05. The molecule has 30 heavy (non-hydrogen) atoms. The van der Waals surface area contributed by atoms with Gasteiger partial charge in [-0.3, -0.25) is 14.2 Å². The van der Waals surface area contributed by atoms with Gasteiger partial charge in [0.25, 0.3) is 5.91 Å². The van der Waals surface area contributed by atoms with E-state index in [1.54, 1.807) is 12.3 Å². The highest BCUT2D eigenvalue weighted by Crippen LogP contribution is 2.26. The van der Waals surface area contributed by atoms with E-state index in [4.69, 9.17) is 11.5 Å². The maximum Gasteiger partial charge on any atom is 0.273 e. The van der Waals surface area contributed by atoms with E-state index in [1.165, 1.54) is 4.57 Å². The maximum absolute atomic E-state index is 11.8. The molecule has 0 radical (unpaired) electrons. The van der Waals surface area contributed by atoms with Crippen LogP contribution in [0.1, 0.15) is 41.7 Å². The zero-order valence-electron chi connectivity index (χ0n) is 16.6. The van der Waals surface area contributed by atoms with E-state index >= 15 is 0 Å². The lowest BCUT2D eigenvalue weighted by Gasteiger charge is -2.29. The molecule has 2 atom stereocenters. The summed E-state index contributed by atoms with van der Waals surface area (Å²) in [6.45, 7) is 1.93. The summed E-state index contributed by atoms with van der Waals surface area (Å²) < 4.78 is 1.50. The fraction of sp³-hybridized carbons (Fsp3) is 0.350. The molecule has 3 aromatic rings. The maximum atomic E-state index is 11.8. The third-order valence-electron chi connectivity index (χ3n) is 5.46. The van der Waals surface area contributed by atoms with Crippen molar-refractivity contribution in [2.75, 3.05) is 10.6 Å². The van der Waals surface area contributed by atoms with E-state index < -0.39 is 5.91 Å². The van der Waals surface area contributed by atoms with Crippen LogP contribution in [0.25, 0.3) is 10.9 Å². The van der Waals surface area contributed by atoms with E-state index in [0.29, 0.717) is 5.69 Å². The first-order chi connectivity index (χ1) is 14.5. The Hall–Kier alpha value is -3.53. The van der Waals surface area contributed by atoms with Crippen molar-refractivity contribution in [2.24, 2.45) is 11.5 Å². The van der Waals surface area contributed by atoms with Gasteiger partial charge in [0.1, 0.15) is 0 Å². The quantitative estimate of drug-likeness (QED) is 0.449. The van der Waals surface area contributed by atoms with E-state index in [2.05, 4.69) is 25.8 Å². The lowest BCUT2D eigenvalue weighted by Crippen LogP contribution is -2.43. The number of primary amides is 1. The molecule has 10 nitrogen and oxygen atoms in total. The fourth-order valence-corrected chi connectivity index (χ4v) is 3.87. The number of nitrogens with two attached hydrogens (primary N) is 2. The lowest BCUT2D eigenvalue weighted by molar-refractivity contribution is 0.0995. The third-order valence-corrected chi connectivity index (χ3v) is 5.46. The van der Waals surface area contributed by atoms with Crippen molar-refractivity contribution < 1.29 is 9.59 Å². The van der Waals surface area contributed by atoms with E-state index in [-0.39, 0.29) is 29.5 Å². The van der Waals surface area contributed by atoms with Gasteiger partial charge in [-0.05, 0) is 37.5 Å². The topological polar surface area (TPSA) is 154 Å². The molecule has 1 aromatic carbocycles. The molecule has 156 valence electrons. The highest BCUT2D eigenvalue weighted by atomic mass is 16.1. The van der Waals surface area contributed by atoms with Crippen molar-refractivity contribution in [1.82, 2.24) is 19.7 Å². The van der Waals surface area contributed by atoms with Gasteiger partial charge in [-0.1, -0.05) is 18.9 Å². The normalized spacial score (nSPS) is 18.9. The zero-order chi connectivity index (χ0) is 21.3. The molecule has 1 aliphatic carbocycles. The van der Waals surface area contributed by atoms with E-state index in [9.17, 15) is 9.59 Å². The molecule has 1 amide bonds. The Balaban J connectivity index is 1.65. The molecule has 1 aliphatic rings. The highest BCUT2D eigenvalue weighted by Gasteiger charge is 2.23. The molecule has 1 fully saturated rings. The number of carbonyl (C=O) groups excluding carboxylic acids is 2. The molecule has 0 unspecified atom stereocenters. The van der Waals surface area contributed by atoms with Crippen LogP contribution < -0.4 is 22.1 Å². The Kier molecular flexibility index (Phi) is 5.32. The highest BCUT2D eigenvalue weighted by molar-refractivity contribution is 5.97. The van der Waals surface area contributed by atoms with Crippen LogP contribution in [-0.2, 0) is 4.79 Å². The molecule has 0 aliphatic heterocycles. The van der Waals surface area contributed by atoms with Crippen molar-refractivity contribution in [3.63, 3.8) is 0 Å². The number of rotatable bonds is 6. The minimum atomic E-state index is -0.744. The van der Waals surface area contributed by atoms with Gasteiger partial charge in [0.15, 0.2) is 11.5 Å². The van der Waals surface area contributed by atoms with Crippen LogP contribution in [0.2, 0.25) is 0 Å². The Morgan fingerprint density at radius 3 is 2.80 bits per heavy atom. The number of hydrogen-bond acceptors (Lipinski definition) is 8. The Morgan fingerprint density at radius 2 is 2.07 bits per heavy atom. The van der Waals surface area contributed by atoms with Crippen molar-refractivity contribution >= 4 is 40.7 Å². The van der Waals surface area contributed by atoms with Crippen LogP contribution in [-0.4, -0.2) is 44.1 Å². The number of aryl methyl sites for hydroxylation is 1. The first-order valence-electron chi connectivity index (χ1n) is 9.86. The summed E-state index contributed by atoms with van der Waals surface area (Å²) in [5, 5.41) is 15.2. The summed E-state index contributed by atoms with van der Waals surface area (Å²) in [5.41, 5.74) is 13.9. The molecule has 4 rings (SSSR count). The number of fused-ring (bicyclic) bond motifs is 1. The number of nitrogens with one attached hydrogen (secondary N) is 2. The van der Waals surface area contributed by atoms with Gasteiger partial charge in [0.05, 0.1) is 5.52 Å². The number of amides is 1. The second-order valence-electron chi connectivity index (χ2n) is 7.58. The predicted octanol–water partition coefficient (Wildman–Crippen LogP) is 1.70. The van der Waals surface area contributed by atoms with Crippen LogP contribution in [0.5, 0.6) is 0 Å². The smallest absolute Gasteiger partial charge is 0.273 e. The molecule has 0 spiro atoms. The number of nitrogens with zero attached hydrogens (tertiary/aromatic N) is 4. The lowest BCUT2D eigenvalue weighted by atomic mass is 9.91. The summed E-state index contributed by atoms with van der Waals surface area (Å²) >= 11 is 0. The monoisotopic (exact) mass is 408 g/mol. The molecule has 0 bridgehead atoms. The number of hydrogen-bond donors (Lipinski definition) is 4. The van der Waals surface area contributed by atoms with Crippen molar-refractivity contribution in [1.29, 1.82) is 0 Å². The molecule has 10 heteroatoms. The van der Waals surface area contributed by atoms with E-state index in [0.717, 1.165) is 48.6 Å². The summed E-state index contributed by atoms with van der Waals surface area (Å²) in [4.78, 5) is 27.6. The Morgan fingerprint density at radius 1 is 1.27 bits per heavy atom. The fourth-order valence-electron chi connectivity index (χ4n) is 3.87. The van der Waals surface area contributed by atoms with Gasteiger partial charge in [-0.15, -0.1) is 10.2 Å². The zero-order valence-corrected chi connectivity index (χ0v) is 16.6. The first-order valence-corrected chi connectivity index (χ1v) is 9.86. The van der Waals surface area contributed by atoms with Crippen LogP contribution in [0.15, 0.2) is 24.4 Å². The minimum Gasteiger partial charge on any atom is -0.364 e. The summed E-state index contributed by atoms with van der Waals surface area (Å²) in [5.74, 6) is -0.283. The van der Waals surface area contributed by atoms with Crippen LogP contribution >= 0.6 is 0 Å². The number of aromatic nitrogens is 4. The predicted molar refractivity (Wildman–Crippen MR) is 114 cm³/mol. The average molecular weight is 408 g/mol. The minimum absolute atomic E-state index is 0.0105. The first kappa shape index (κ1) is 19.8. The van der Waals surface area contributed by atoms with Crippen molar-refractivity contribution in [3.05, 3.63) is 35.7 Å². The molecule has 2 heterocycles. The second kappa shape index (κ2) is 8.07. The van der Waals surface area contributed by atoms with Gasteiger partial charge in [0.2, 0.25) is 12.4 Å². The number of benzene rings is 1. The van der Waals surface area contributed by atoms with Crippen LogP contribution in [0, 0.1) is 6.92 Å². The molecule has 2 aromatic heterocycles. The van der Waals surface area contributed by atoms with Gasteiger partial charge in [-0.25, -0.2) is 0 Å². The molecular weight excluding hydrogens is 384 g/mol. The molecule has 6 N–H and O–H groups in total. The van der Waals surface area contributed by atoms with Crippen LogP contribution in [0.3, 0.4) is 0 Å². The summed E-state index contributed by atoms with van der Waals surface area (Å²) in [6, 6.07) is 5.58. The third kappa shape index (κ3) is 3.81. The summed E-state index contributed by atoms with van der Waals surface area (Å²) in [7, 11) is 0. The van der Waals surface area contributed by atoms with Gasteiger partial charge < -0.3 is 22.1 Å². The van der Waals surface area contributed by atoms with Crippen molar-refractivity contribution in [3.8, 4) is 0 Å². The standard InChI is InChI=1S/C20H24N8O2/c1-11-9-28(10-29)16-8-12(6-7-13(11)16)23-19-17(18(22)30)26-27-20(25-19)24-15-5-3-2-4-14(15)21/h6-10,14-15H,2-5,21H2,1H3,(H2,22,30)(H2,23,24,25,27)/t14-,15+/m0/s1. The Bertz CT molecular complexity index is 1110. The van der Waals surface area contributed by atoms with Crippen LogP contribution in [0.4, 0.5) is 17.5 Å². The number of anilines is 3. The Labute approximate surface area is 173 Å². The SMILES string of the molecule is Cc1cn(C=O)c2cc(Nc3nc(N[C@@H]4CCCC[C@@H]4N)nnc3C(N)=O)ccc12. The number of carbonyl (C=O) groups is 2. The molecular formula is C20H24N8O2. The molecule has 0 saturated heterocycles. The van der Waals surface area contributed by atoms with Gasteiger partial charge >= 0.3 is 0 Å². The second-order valence-corrected chi connectivity index (χ2v) is 7.58. The van der Waals surface area contributed by atoms with Gasteiger partial charge in [0, 0.05) is 29.4 Å². The van der Waals surface area contributed by atoms with E-state index in [1.807, 2.05) is 19.1 Å². The largest absolute Gasteiger partial charge is 0.364 e. The van der Waals surface area contributed by atoms with Gasteiger partial charge in [-0.2, -0.15) is 4.98 Å².